The van der Waals surface area contributed by atoms with E-state index < -0.39 is 0 Å². The minimum absolute atomic E-state index is 0.0103. The van der Waals surface area contributed by atoms with Crippen LogP contribution in [0.15, 0.2) is 30.5 Å². The van der Waals surface area contributed by atoms with E-state index in [1.54, 1.807) is 30.5 Å². The predicted molar refractivity (Wildman–Crippen MR) is 77.0 cm³/mol. The maximum absolute atomic E-state index is 11.6. The minimum Gasteiger partial charge on any atom is -0.484 e. The molecule has 0 aliphatic rings. The van der Waals surface area contributed by atoms with Gasteiger partial charge in [0.05, 0.1) is 0 Å². The number of rotatable bonds is 6. The molecule has 0 radical (unpaired) electrons. The molecule has 0 atom stereocenters. The van der Waals surface area contributed by atoms with Crippen molar-refractivity contribution >= 4 is 17.5 Å². The van der Waals surface area contributed by atoms with E-state index in [4.69, 9.17) is 16.3 Å². The number of carbonyl (C=O) groups excluding carboxylic acids is 1. The lowest BCUT2D eigenvalue weighted by Gasteiger charge is -2.07. The highest BCUT2D eigenvalue weighted by atomic mass is 35.5. The van der Waals surface area contributed by atoms with Gasteiger partial charge in [0.25, 0.3) is 5.91 Å². The van der Waals surface area contributed by atoms with Gasteiger partial charge in [-0.25, -0.2) is 4.98 Å². The molecule has 0 fully saturated rings. The number of benzene rings is 1. The lowest BCUT2D eigenvalue weighted by molar-refractivity contribution is -0.123. The summed E-state index contributed by atoms with van der Waals surface area (Å²) in [6.45, 7) is 2.43. The van der Waals surface area contributed by atoms with Crippen molar-refractivity contribution in [2.24, 2.45) is 0 Å². The zero-order chi connectivity index (χ0) is 14.4. The fraction of sp³-hybridized carbons (Fsp3) is 0.286. The summed E-state index contributed by atoms with van der Waals surface area (Å²) in [4.78, 5) is 18.8. The Kier molecular flexibility index (Phi) is 5.01. The van der Waals surface area contributed by atoms with Crippen LogP contribution in [0, 0.1) is 6.92 Å². The second-order valence-electron chi connectivity index (χ2n) is 4.34. The van der Waals surface area contributed by atoms with E-state index in [0.717, 1.165) is 11.5 Å². The van der Waals surface area contributed by atoms with Crippen molar-refractivity contribution in [3.05, 3.63) is 47.0 Å². The third-order valence-electron chi connectivity index (χ3n) is 2.66. The second-order valence-corrected chi connectivity index (χ2v) is 4.77. The first-order valence-electron chi connectivity index (χ1n) is 6.29. The smallest absolute Gasteiger partial charge is 0.257 e. The number of carbonyl (C=O) groups is 1. The molecular formula is C14H16ClN3O2. The summed E-state index contributed by atoms with van der Waals surface area (Å²) >= 11 is 5.76. The van der Waals surface area contributed by atoms with Gasteiger partial charge in [-0.1, -0.05) is 11.6 Å². The molecule has 0 saturated carbocycles. The molecule has 6 heteroatoms. The van der Waals surface area contributed by atoms with Crippen LogP contribution >= 0.6 is 11.6 Å². The lowest BCUT2D eigenvalue weighted by atomic mass is 10.3. The number of hydrogen-bond donors (Lipinski definition) is 2. The van der Waals surface area contributed by atoms with Crippen molar-refractivity contribution in [1.82, 2.24) is 15.3 Å². The van der Waals surface area contributed by atoms with Gasteiger partial charge in [0.2, 0.25) is 0 Å². The Balaban J connectivity index is 1.66. The van der Waals surface area contributed by atoms with Gasteiger partial charge in [0.1, 0.15) is 11.6 Å². The van der Waals surface area contributed by atoms with Crippen LogP contribution in [0.5, 0.6) is 5.75 Å². The number of nitrogens with one attached hydrogen (secondary N) is 2. The van der Waals surface area contributed by atoms with Gasteiger partial charge in [-0.3, -0.25) is 4.79 Å². The normalized spacial score (nSPS) is 10.3. The van der Waals surface area contributed by atoms with E-state index in [0.29, 0.717) is 23.7 Å². The SMILES string of the molecule is Cc1ncc(CCNC(=O)COc2ccc(Cl)cc2)[nH]1. The van der Waals surface area contributed by atoms with Crippen LogP contribution in [0.1, 0.15) is 11.5 Å². The van der Waals surface area contributed by atoms with Crippen LogP contribution in [0.3, 0.4) is 0 Å². The topological polar surface area (TPSA) is 67.0 Å². The third kappa shape index (κ3) is 4.59. The fourth-order valence-corrected chi connectivity index (χ4v) is 1.79. The number of hydrogen-bond acceptors (Lipinski definition) is 3. The molecule has 5 nitrogen and oxygen atoms in total. The first-order valence-corrected chi connectivity index (χ1v) is 6.67. The number of aryl methyl sites for hydroxylation is 1. The molecule has 0 aliphatic carbocycles. The van der Waals surface area contributed by atoms with Crippen LogP contribution in [0.25, 0.3) is 0 Å². The summed E-state index contributed by atoms with van der Waals surface area (Å²) in [5.74, 6) is 1.34. The highest BCUT2D eigenvalue weighted by Gasteiger charge is 2.03. The summed E-state index contributed by atoms with van der Waals surface area (Å²) in [7, 11) is 0. The molecule has 1 aromatic heterocycles. The Labute approximate surface area is 122 Å². The van der Waals surface area contributed by atoms with Gasteiger partial charge in [0.15, 0.2) is 6.61 Å². The van der Waals surface area contributed by atoms with Crippen molar-refractivity contribution in [2.75, 3.05) is 13.2 Å². The molecule has 0 unspecified atom stereocenters. The van der Waals surface area contributed by atoms with Gasteiger partial charge in [-0.2, -0.15) is 0 Å². The number of amides is 1. The van der Waals surface area contributed by atoms with Gasteiger partial charge in [-0.15, -0.1) is 0 Å². The molecule has 0 spiro atoms. The fourth-order valence-electron chi connectivity index (χ4n) is 1.67. The number of ether oxygens (including phenoxy) is 1. The van der Waals surface area contributed by atoms with E-state index >= 15 is 0 Å². The summed E-state index contributed by atoms with van der Waals surface area (Å²) in [6, 6.07) is 6.89. The molecule has 1 aromatic carbocycles. The molecular weight excluding hydrogens is 278 g/mol. The summed E-state index contributed by atoms with van der Waals surface area (Å²) in [5.41, 5.74) is 1.00. The van der Waals surface area contributed by atoms with E-state index in [-0.39, 0.29) is 12.5 Å². The van der Waals surface area contributed by atoms with E-state index in [2.05, 4.69) is 15.3 Å². The summed E-state index contributed by atoms with van der Waals surface area (Å²) < 4.78 is 5.34. The molecule has 2 rings (SSSR count). The largest absolute Gasteiger partial charge is 0.484 e. The van der Waals surface area contributed by atoms with Crippen LogP contribution in [-0.2, 0) is 11.2 Å². The maximum atomic E-state index is 11.6. The lowest BCUT2D eigenvalue weighted by Crippen LogP contribution is -2.30. The molecule has 2 aromatic rings. The second kappa shape index (κ2) is 6.96. The van der Waals surface area contributed by atoms with Gasteiger partial charge in [0, 0.05) is 29.9 Å². The van der Waals surface area contributed by atoms with E-state index in [1.165, 1.54) is 0 Å². The maximum Gasteiger partial charge on any atom is 0.257 e. The average Bonchev–Trinajstić information content (AvgIpc) is 2.84. The molecule has 1 amide bonds. The minimum atomic E-state index is -0.156. The van der Waals surface area contributed by atoms with Crippen molar-refractivity contribution in [1.29, 1.82) is 0 Å². The van der Waals surface area contributed by atoms with Crippen LogP contribution in [0.4, 0.5) is 0 Å². The zero-order valence-electron chi connectivity index (χ0n) is 11.1. The molecule has 0 saturated heterocycles. The molecule has 106 valence electrons. The Morgan fingerprint density at radius 1 is 1.40 bits per heavy atom. The molecule has 0 bridgehead atoms. The molecule has 0 aliphatic heterocycles. The number of H-pyrrole nitrogens is 1. The highest BCUT2D eigenvalue weighted by Crippen LogP contribution is 2.15. The highest BCUT2D eigenvalue weighted by molar-refractivity contribution is 6.30. The van der Waals surface area contributed by atoms with Crippen LogP contribution in [0.2, 0.25) is 5.02 Å². The zero-order valence-corrected chi connectivity index (χ0v) is 11.9. The molecule has 1 heterocycles. The Morgan fingerprint density at radius 3 is 2.80 bits per heavy atom. The third-order valence-corrected chi connectivity index (χ3v) is 2.91. The van der Waals surface area contributed by atoms with Crippen molar-refractivity contribution < 1.29 is 9.53 Å². The van der Waals surface area contributed by atoms with E-state index in [9.17, 15) is 4.79 Å². The summed E-state index contributed by atoms with van der Waals surface area (Å²) in [5, 5.41) is 3.42. The number of halogens is 1. The van der Waals surface area contributed by atoms with E-state index in [1.807, 2.05) is 6.92 Å². The molecule has 20 heavy (non-hydrogen) atoms. The van der Waals surface area contributed by atoms with Crippen molar-refractivity contribution in [3.63, 3.8) is 0 Å². The Bertz CT molecular complexity index is 566. The number of aromatic nitrogens is 2. The first kappa shape index (κ1) is 14.4. The Morgan fingerprint density at radius 2 is 2.15 bits per heavy atom. The van der Waals surface area contributed by atoms with Crippen molar-refractivity contribution in [2.45, 2.75) is 13.3 Å². The van der Waals surface area contributed by atoms with Gasteiger partial charge in [-0.05, 0) is 31.2 Å². The quantitative estimate of drug-likeness (QED) is 0.857. The van der Waals surface area contributed by atoms with Crippen LogP contribution in [-0.4, -0.2) is 29.0 Å². The van der Waals surface area contributed by atoms with Crippen molar-refractivity contribution in [3.8, 4) is 5.75 Å². The average molecular weight is 294 g/mol. The molecule has 2 N–H and O–H groups in total. The first-order chi connectivity index (χ1) is 9.63. The number of nitrogens with zero attached hydrogens (tertiary/aromatic N) is 1. The van der Waals surface area contributed by atoms with Gasteiger partial charge < -0.3 is 15.0 Å². The standard InChI is InChI=1S/C14H16ClN3O2/c1-10-17-8-12(18-10)6-7-16-14(19)9-20-13-4-2-11(15)3-5-13/h2-5,8H,6-7,9H2,1H3,(H,16,19)(H,17,18). The van der Waals surface area contributed by atoms with Gasteiger partial charge >= 0.3 is 0 Å². The number of aromatic amines is 1. The number of imidazole rings is 1. The summed E-state index contributed by atoms with van der Waals surface area (Å²) in [6.07, 6.45) is 2.49. The monoisotopic (exact) mass is 293 g/mol. The Hall–Kier alpha value is -2.01. The van der Waals surface area contributed by atoms with Crippen LogP contribution < -0.4 is 10.1 Å². The predicted octanol–water partition coefficient (Wildman–Crippen LogP) is 2.11.